The van der Waals surface area contributed by atoms with E-state index in [-0.39, 0.29) is 10.8 Å². The molecule has 0 unspecified atom stereocenters. The minimum atomic E-state index is -3.82. The second kappa shape index (κ2) is 6.38. The number of nitrogens with one attached hydrogen (secondary N) is 1. The minimum Gasteiger partial charge on any atom is -0.285 e. The van der Waals surface area contributed by atoms with Crippen LogP contribution >= 0.6 is 11.7 Å². The van der Waals surface area contributed by atoms with Crippen LogP contribution in [0.5, 0.6) is 0 Å². The highest BCUT2D eigenvalue weighted by Gasteiger charge is 2.29. The van der Waals surface area contributed by atoms with Crippen LogP contribution < -0.4 is 4.72 Å². The van der Waals surface area contributed by atoms with Gasteiger partial charge in [0.2, 0.25) is 10.0 Å². The molecule has 0 fully saturated rings. The Kier molecular flexibility index (Phi) is 4.17. The fourth-order valence-corrected chi connectivity index (χ4v) is 4.90. The number of pyridine rings is 1. The van der Waals surface area contributed by atoms with Gasteiger partial charge in [0.25, 0.3) is 0 Å². The minimum absolute atomic E-state index is 0.0369. The molecule has 0 saturated carbocycles. The molecule has 0 aliphatic rings. The standard InChI is InChI=1S/C16H16N6O2S2/c1-10(2)14(16-18-17-13-8-3-4-9-22(13)16)21-26(23,24)12-7-5-6-11-15(12)20-25-19-11/h3-10,14,21H,1-2H3/t14-/m0/s1. The van der Waals surface area contributed by atoms with Gasteiger partial charge in [-0.3, -0.25) is 4.40 Å². The number of nitrogens with zero attached hydrogens (tertiary/aromatic N) is 5. The summed E-state index contributed by atoms with van der Waals surface area (Å²) in [6.07, 6.45) is 1.82. The van der Waals surface area contributed by atoms with Gasteiger partial charge in [0.05, 0.1) is 17.8 Å². The van der Waals surface area contributed by atoms with Crippen molar-refractivity contribution in [3.63, 3.8) is 0 Å². The van der Waals surface area contributed by atoms with E-state index in [1.807, 2.05) is 38.2 Å². The maximum absolute atomic E-state index is 13.1. The fourth-order valence-electron chi connectivity index (χ4n) is 2.79. The zero-order chi connectivity index (χ0) is 18.3. The lowest BCUT2D eigenvalue weighted by Gasteiger charge is -2.21. The Bertz CT molecular complexity index is 1180. The van der Waals surface area contributed by atoms with Gasteiger partial charge in [-0.25, -0.2) is 13.1 Å². The maximum atomic E-state index is 13.1. The number of aromatic nitrogens is 5. The van der Waals surface area contributed by atoms with Gasteiger partial charge >= 0.3 is 0 Å². The van der Waals surface area contributed by atoms with Crippen LogP contribution in [0.1, 0.15) is 25.7 Å². The molecular weight excluding hydrogens is 372 g/mol. The van der Waals surface area contributed by atoms with Gasteiger partial charge in [-0.15, -0.1) is 10.2 Å². The quantitative estimate of drug-likeness (QED) is 0.563. The SMILES string of the molecule is CC(C)[C@H](NS(=O)(=O)c1cccc2nsnc12)c1nnc2ccccn12. The monoisotopic (exact) mass is 388 g/mol. The van der Waals surface area contributed by atoms with Crippen molar-refractivity contribution in [3.8, 4) is 0 Å². The molecule has 26 heavy (non-hydrogen) atoms. The molecule has 134 valence electrons. The Balaban J connectivity index is 1.78. The zero-order valence-electron chi connectivity index (χ0n) is 14.1. The number of benzene rings is 1. The predicted octanol–water partition coefficient (Wildman–Crippen LogP) is 2.41. The van der Waals surface area contributed by atoms with Crippen molar-refractivity contribution in [2.75, 3.05) is 0 Å². The van der Waals surface area contributed by atoms with E-state index in [0.717, 1.165) is 11.7 Å². The van der Waals surface area contributed by atoms with E-state index in [9.17, 15) is 8.42 Å². The highest BCUT2D eigenvalue weighted by atomic mass is 32.2. The molecule has 0 aliphatic heterocycles. The summed E-state index contributed by atoms with van der Waals surface area (Å²) in [5, 5.41) is 8.33. The van der Waals surface area contributed by atoms with Crippen LogP contribution in [0.25, 0.3) is 16.7 Å². The first-order chi connectivity index (χ1) is 12.5. The molecule has 3 heterocycles. The molecule has 1 atom stereocenters. The summed E-state index contributed by atoms with van der Waals surface area (Å²) in [5.41, 5.74) is 1.60. The van der Waals surface area contributed by atoms with E-state index >= 15 is 0 Å². The molecule has 0 aliphatic carbocycles. The largest absolute Gasteiger partial charge is 0.285 e. The van der Waals surface area contributed by atoms with Crippen LogP contribution in [-0.4, -0.2) is 31.8 Å². The van der Waals surface area contributed by atoms with Crippen molar-refractivity contribution in [1.29, 1.82) is 0 Å². The summed E-state index contributed by atoms with van der Waals surface area (Å²) < 4.78 is 38.9. The van der Waals surface area contributed by atoms with E-state index < -0.39 is 16.1 Å². The zero-order valence-corrected chi connectivity index (χ0v) is 15.7. The van der Waals surface area contributed by atoms with Gasteiger partial charge in [0.1, 0.15) is 15.9 Å². The van der Waals surface area contributed by atoms with Gasteiger partial charge < -0.3 is 0 Å². The highest BCUT2D eigenvalue weighted by molar-refractivity contribution is 7.89. The van der Waals surface area contributed by atoms with Crippen molar-refractivity contribution < 1.29 is 8.42 Å². The summed E-state index contributed by atoms with van der Waals surface area (Å²) >= 11 is 0.989. The molecule has 10 heteroatoms. The summed E-state index contributed by atoms with van der Waals surface area (Å²) in [6, 6.07) is 9.93. The number of hydrogen-bond donors (Lipinski definition) is 1. The van der Waals surface area contributed by atoms with Crippen molar-refractivity contribution in [2.45, 2.75) is 24.8 Å². The first kappa shape index (κ1) is 17.0. The van der Waals surface area contributed by atoms with Crippen molar-refractivity contribution in [3.05, 3.63) is 48.4 Å². The molecule has 0 bridgehead atoms. The van der Waals surface area contributed by atoms with Gasteiger partial charge in [-0.05, 0) is 30.2 Å². The Morgan fingerprint density at radius 3 is 2.73 bits per heavy atom. The van der Waals surface area contributed by atoms with Gasteiger partial charge in [0, 0.05) is 6.20 Å². The lowest BCUT2D eigenvalue weighted by Crippen LogP contribution is -2.33. The average molecular weight is 388 g/mol. The summed E-state index contributed by atoms with van der Waals surface area (Å²) in [6.45, 7) is 3.87. The Morgan fingerprint density at radius 1 is 1.08 bits per heavy atom. The molecule has 0 spiro atoms. The fraction of sp³-hybridized carbons (Fsp3) is 0.250. The average Bonchev–Trinajstić information content (AvgIpc) is 3.26. The van der Waals surface area contributed by atoms with E-state index in [1.165, 1.54) is 6.07 Å². The van der Waals surface area contributed by atoms with Crippen molar-refractivity contribution >= 4 is 38.4 Å². The topological polar surface area (TPSA) is 102 Å². The Labute approximate surface area is 154 Å². The molecule has 4 rings (SSSR count). The summed E-state index contributed by atoms with van der Waals surface area (Å²) in [7, 11) is -3.82. The number of hydrogen-bond acceptors (Lipinski definition) is 7. The van der Waals surface area contributed by atoms with Crippen LogP contribution in [0.15, 0.2) is 47.5 Å². The molecule has 8 nitrogen and oxygen atoms in total. The molecule has 1 N–H and O–H groups in total. The van der Waals surface area contributed by atoms with Gasteiger partial charge in [-0.1, -0.05) is 26.0 Å². The third-order valence-electron chi connectivity index (χ3n) is 4.11. The summed E-state index contributed by atoms with van der Waals surface area (Å²) in [4.78, 5) is 0.114. The summed E-state index contributed by atoms with van der Waals surface area (Å²) in [5.74, 6) is 0.507. The lowest BCUT2D eigenvalue weighted by molar-refractivity contribution is 0.441. The highest BCUT2D eigenvalue weighted by Crippen LogP contribution is 2.26. The van der Waals surface area contributed by atoms with Crippen LogP contribution in [0.3, 0.4) is 0 Å². The first-order valence-electron chi connectivity index (χ1n) is 8.00. The van der Waals surface area contributed by atoms with E-state index in [4.69, 9.17) is 0 Å². The van der Waals surface area contributed by atoms with E-state index in [0.29, 0.717) is 22.5 Å². The number of sulfonamides is 1. The van der Waals surface area contributed by atoms with Crippen LogP contribution in [0, 0.1) is 5.92 Å². The normalized spacial score (nSPS) is 13.7. The molecular formula is C16H16N6O2S2. The maximum Gasteiger partial charge on any atom is 0.243 e. The Hall–Kier alpha value is -2.43. The third-order valence-corrected chi connectivity index (χ3v) is 6.12. The first-order valence-corrected chi connectivity index (χ1v) is 10.2. The van der Waals surface area contributed by atoms with Gasteiger partial charge in [-0.2, -0.15) is 8.75 Å². The van der Waals surface area contributed by atoms with Crippen LogP contribution in [0.2, 0.25) is 0 Å². The van der Waals surface area contributed by atoms with Crippen LogP contribution in [-0.2, 0) is 10.0 Å². The van der Waals surface area contributed by atoms with Crippen LogP contribution in [0.4, 0.5) is 0 Å². The molecule has 0 radical (unpaired) electrons. The van der Waals surface area contributed by atoms with E-state index in [2.05, 4.69) is 23.7 Å². The molecule has 4 aromatic rings. The van der Waals surface area contributed by atoms with Crippen molar-refractivity contribution in [2.24, 2.45) is 5.92 Å². The van der Waals surface area contributed by atoms with E-state index in [1.54, 1.807) is 16.5 Å². The number of fused-ring (bicyclic) bond motifs is 2. The second-order valence-electron chi connectivity index (χ2n) is 6.22. The lowest BCUT2D eigenvalue weighted by atomic mass is 10.1. The molecule has 3 aromatic heterocycles. The predicted molar refractivity (Wildman–Crippen MR) is 98.3 cm³/mol. The third kappa shape index (κ3) is 2.85. The molecule has 1 aromatic carbocycles. The molecule has 0 saturated heterocycles. The Morgan fingerprint density at radius 2 is 1.92 bits per heavy atom. The van der Waals surface area contributed by atoms with Gasteiger partial charge in [0.15, 0.2) is 11.5 Å². The smallest absolute Gasteiger partial charge is 0.243 e. The number of rotatable bonds is 5. The molecule has 0 amide bonds. The van der Waals surface area contributed by atoms with Crippen molar-refractivity contribution in [1.82, 2.24) is 28.1 Å². The second-order valence-corrected chi connectivity index (χ2v) is 8.43.